The van der Waals surface area contributed by atoms with Crippen molar-refractivity contribution in [3.05, 3.63) is 177 Å². The highest BCUT2D eigenvalue weighted by Gasteiger charge is 2.18. The molecule has 3 heteroatoms. The topological polar surface area (TPSA) is 38.9 Å². The number of furan rings is 1. The summed E-state index contributed by atoms with van der Waals surface area (Å²) in [6.45, 7) is 8.00. The predicted octanol–water partition coefficient (Wildman–Crippen LogP) is 12.6. The number of hydrogen-bond acceptors (Lipinski definition) is 3. The van der Waals surface area contributed by atoms with Crippen LogP contribution < -0.4 is 0 Å². The SMILES string of the molecule is C=C/C=C(\C=C)c1cc(-c2ccccc2)nc(-c2cccc3c4ccccc4c4ccc(-c5ccc6c(c5)oc5ccccc56)cc4c23)n1. The van der Waals surface area contributed by atoms with Gasteiger partial charge in [-0.15, -0.1) is 0 Å². The maximum absolute atomic E-state index is 6.28. The van der Waals surface area contributed by atoms with E-state index in [-0.39, 0.29) is 0 Å². The number of para-hydroxylation sites is 1. The first-order valence-electron chi connectivity index (χ1n) is 16.4. The second-order valence-electron chi connectivity index (χ2n) is 12.2. The molecule has 3 nitrogen and oxygen atoms in total. The molecule has 0 aliphatic heterocycles. The van der Waals surface area contributed by atoms with Crippen molar-refractivity contribution in [3.8, 4) is 33.8 Å². The average Bonchev–Trinajstić information content (AvgIpc) is 3.55. The molecule has 0 spiro atoms. The van der Waals surface area contributed by atoms with Gasteiger partial charge >= 0.3 is 0 Å². The Hall–Kier alpha value is -6.58. The van der Waals surface area contributed by atoms with Crippen molar-refractivity contribution in [2.24, 2.45) is 0 Å². The van der Waals surface area contributed by atoms with Gasteiger partial charge in [0.25, 0.3) is 0 Å². The van der Waals surface area contributed by atoms with E-state index in [9.17, 15) is 0 Å². The third-order valence-corrected chi connectivity index (χ3v) is 9.42. The summed E-state index contributed by atoms with van der Waals surface area (Å²) in [7, 11) is 0. The van der Waals surface area contributed by atoms with Crippen LogP contribution in [-0.4, -0.2) is 9.97 Å². The Bertz CT molecular complexity index is 2800. The van der Waals surface area contributed by atoms with Crippen molar-refractivity contribution >= 4 is 59.8 Å². The van der Waals surface area contributed by atoms with Crippen LogP contribution in [0.5, 0.6) is 0 Å². The maximum atomic E-state index is 6.28. The fourth-order valence-corrected chi connectivity index (χ4v) is 7.13. The predicted molar refractivity (Wildman–Crippen MR) is 207 cm³/mol. The van der Waals surface area contributed by atoms with Gasteiger partial charge < -0.3 is 4.42 Å². The minimum absolute atomic E-state index is 0.657. The van der Waals surface area contributed by atoms with Gasteiger partial charge in [-0.1, -0.05) is 141 Å². The van der Waals surface area contributed by atoms with Crippen LogP contribution in [0.4, 0.5) is 0 Å². The summed E-state index contributed by atoms with van der Waals surface area (Å²) in [5, 5.41) is 9.26. The van der Waals surface area contributed by atoms with Crippen molar-refractivity contribution in [3.63, 3.8) is 0 Å². The number of nitrogens with zero attached hydrogens (tertiary/aromatic N) is 2. The highest BCUT2D eigenvalue weighted by molar-refractivity contribution is 6.28. The molecule has 0 aliphatic rings. The smallest absolute Gasteiger partial charge is 0.161 e. The fourth-order valence-electron chi connectivity index (χ4n) is 7.13. The minimum Gasteiger partial charge on any atom is -0.456 e. The van der Waals surface area contributed by atoms with Crippen LogP contribution in [0.3, 0.4) is 0 Å². The lowest BCUT2D eigenvalue weighted by Gasteiger charge is -2.16. The monoisotopic (exact) mass is 626 g/mol. The molecular formula is C46H30N2O. The van der Waals surface area contributed by atoms with Crippen molar-refractivity contribution in [1.82, 2.24) is 9.97 Å². The van der Waals surface area contributed by atoms with Crippen LogP contribution in [0.25, 0.3) is 93.6 Å². The van der Waals surface area contributed by atoms with Gasteiger partial charge in [-0.05, 0) is 74.0 Å². The molecule has 0 unspecified atom stereocenters. The Morgan fingerprint density at radius 3 is 1.96 bits per heavy atom. The van der Waals surface area contributed by atoms with E-state index in [4.69, 9.17) is 14.4 Å². The number of allylic oxidation sites excluding steroid dienone is 4. The number of aromatic nitrogens is 2. The molecule has 2 aromatic heterocycles. The number of benzene rings is 7. The Balaban J connectivity index is 1.34. The number of rotatable bonds is 6. The molecule has 0 radical (unpaired) electrons. The molecule has 0 atom stereocenters. The highest BCUT2D eigenvalue weighted by Crippen LogP contribution is 2.42. The maximum Gasteiger partial charge on any atom is 0.161 e. The first-order chi connectivity index (χ1) is 24.2. The fraction of sp³-hybridized carbons (Fsp3) is 0. The van der Waals surface area contributed by atoms with Crippen LogP contribution >= 0.6 is 0 Å². The van der Waals surface area contributed by atoms with Gasteiger partial charge in [0.05, 0.1) is 11.4 Å². The highest BCUT2D eigenvalue weighted by atomic mass is 16.3. The van der Waals surface area contributed by atoms with Gasteiger partial charge in [0.15, 0.2) is 5.82 Å². The average molecular weight is 627 g/mol. The number of fused-ring (bicyclic) bond motifs is 9. The lowest BCUT2D eigenvalue weighted by atomic mass is 9.89. The van der Waals surface area contributed by atoms with Crippen LogP contribution in [0.2, 0.25) is 0 Å². The van der Waals surface area contributed by atoms with E-state index in [2.05, 4.69) is 116 Å². The van der Waals surface area contributed by atoms with E-state index in [0.29, 0.717) is 5.82 Å². The standard InChI is InChI=1S/C46H30N2O/c1-3-13-29(4-2)41-28-42(30-14-6-5-7-15-30)48-46(47-41)39-20-12-19-38-34-17-9-8-16-33(34)35-24-22-31(26-40(35)45(38)39)32-23-25-37-36-18-10-11-21-43(36)49-44(37)27-32/h3-28H,1-2H2/b29-13+. The zero-order valence-electron chi connectivity index (χ0n) is 26.7. The van der Waals surface area contributed by atoms with Crippen LogP contribution in [0, 0.1) is 0 Å². The Morgan fingerprint density at radius 1 is 0.510 bits per heavy atom. The Morgan fingerprint density at radius 2 is 1.16 bits per heavy atom. The van der Waals surface area contributed by atoms with Gasteiger partial charge in [-0.3, -0.25) is 0 Å². The molecule has 49 heavy (non-hydrogen) atoms. The van der Waals surface area contributed by atoms with Crippen LogP contribution in [0.1, 0.15) is 5.69 Å². The third-order valence-electron chi connectivity index (χ3n) is 9.42. The second kappa shape index (κ2) is 11.6. The van der Waals surface area contributed by atoms with E-state index in [1.807, 2.05) is 48.6 Å². The molecule has 0 saturated carbocycles. The van der Waals surface area contributed by atoms with Gasteiger partial charge in [-0.25, -0.2) is 9.97 Å². The molecule has 9 rings (SSSR count). The largest absolute Gasteiger partial charge is 0.456 e. The van der Waals surface area contributed by atoms with Crippen molar-refractivity contribution in [2.75, 3.05) is 0 Å². The lowest BCUT2D eigenvalue weighted by molar-refractivity contribution is 0.669. The van der Waals surface area contributed by atoms with Crippen molar-refractivity contribution in [1.29, 1.82) is 0 Å². The molecule has 2 heterocycles. The van der Waals surface area contributed by atoms with E-state index in [1.165, 1.54) is 16.2 Å². The van der Waals surface area contributed by atoms with Crippen molar-refractivity contribution < 1.29 is 4.42 Å². The van der Waals surface area contributed by atoms with Crippen LogP contribution in [-0.2, 0) is 0 Å². The molecule has 0 amide bonds. The summed E-state index contributed by atoms with van der Waals surface area (Å²) in [5.41, 5.74) is 8.51. The van der Waals surface area contributed by atoms with E-state index in [0.717, 1.165) is 77.3 Å². The van der Waals surface area contributed by atoms with E-state index >= 15 is 0 Å². The molecule has 0 aliphatic carbocycles. The zero-order chi connectivity index (χ0) is 32.9. The molecule has 9 aromatic rings. The van der Waals surface area contributed by atoms with Gasteiger partial charge in [0.1, 0.15) is 11.2 Å². The molecule has 0 N–H and O–H groups in total. The summed E-state index contributed by atoms with van der Waals surface area (Å²) >= 11 is 0. The normalized spacial score (nSPS) is 12.0. The Kier molecular flexibility index (Phi) is 6.77. The van der Waals surface area contributed by atoms with E-state index in [1.54, 1.807) is 6.08 Å². The quantitative estimate of drug-likeness (QED) is 0.136. The number of hydrogen-bond donors (Lipinski definition) is 0. The molecule has 0 bridgehead atoms. The van der Waals surface area contributed by atoms with Crippen LogP contribution in [0.15, 0.2) is 175 Å². The summed E-state index contributed by atoms with van der Waals surface area (Å²) in [5.74, 6) is 0.657. The third kappa shape index (κ3) is 4.75. The summed E-state index contributed by atoms with van der Waals surface area (Å²) < 4.78 is 6.28. The Labute approximate surface area is 283 Å². The zero-order valence-corrected chi connectivity index (χ0v) is 26.7. The molecule has 230 valence electrons. The molecule has 7 aromatic carbocycles. The minimum atomic E-state index is 0.657. The van der Waals surface area contributed by atoms with Crippen molar-refractivity contribution in [2.45, 2.75) is 0 Å². The van der Waals surface area contributed by atoms with E-state index < -0.39 is 0 Å². The molecule has 0 fully saturated rings. The summed E-state index contributed by atoms with van der Waals surface area (Å²) in [6.07, 6.45) is 5.52. The summed E-state index contributed by atoms with van der Waals surface area (Å²) in [6, 6.07) is 48.9. The van der Waals surface area contributed by atoms with Gasteiger partial charge in [0.2, 0.25) is 0 Å². The molecule has 0 saturated heterocycles. The summed E-state index contributed by atoms with van der Waals surface area (Å²) in [4.78, 5) is 10.4. The first kappa shape index (κ1) is 28.6. The molecular weight excluding hydrogens is 597 g/mol. The second-order valence-corrected chi connectivity index (χ2v) is 12.2. The lowest BCUT2D eigenvalue weighted by Crippen LogP contribution is -1.99. The van der Waals surface area contributed by atoms with Gasteiger partial charge in [0, 0.05) is 27.3 Å². The first-order valence-corrected chi connectivity index (χ1v) is 16.4. The van der Waals surface area contributed by atoms with Gasteiger partial charge in [-0.2, -0.15) is 0 Å².